The number of hydrogen-bond donors (Lipinski definition) is 2. The zero-order valence-corrected chi connectivity index (χ0v) is 18.5. The molecule has 142 valence electrons. The molecule has 0 saturated carbocycles. The summed E-state index contributed by atoms with van der Waals surface area (Å²) < 4.78 is 0. The lowest BCUT2D eigenvalue weighted by atomic mass is 9.98. The van der Waals surface area contributed by atoms with Gasteiger partial charge in [-0.3, -0.25) is 9.89 Å². The van der Waals surface area contributed by atoms with Gasteiger partial charge in [-0.05, 0) is 60.9 Å². The molecular weight excluding hydrogens is 455 g/mol. The van der Waals surface area contributed by atoms with Crippen LogP contribution in [0.1, 0.15) is 30.2 Å². The Hall–Kier alpha value is -1.12. The molecule has 1 aliphatic rings. The lowest BCUT2D eigenvalue weighted by Crippen LogP contribution is -2.36. The number of nitrogens with two attached hydrogens (primary N) is 1. The Morgan fingerprint density at radius 2 is 2.12 bits per heavy atom. The molecule has 1 atom stereocenters. The third kappa shape index (κ3) is 6.55. The van der Waals surface area contributed by atoms with Gasteiger partial charge in [0.05, 0.1) is 0 Å². The summed E-state index contributed by atoms with van der Waals surface area (Å²) in [5.41, 5.74) is 8.39. The van der Waals surface area contributed by atoms with E-state index >= 15 is 0 Å². The first kappa shape index (κ1) is 21.2. The topological polar surface area (TPSA) is 53.6 Å². The predicted molar refractivity (Wildman–Crippen MR) is 124 cm³/mol. The minimum absolute atomic E-state index is 0. The molecule has 0 radical (unpaired) electrons. The SMILES string of the molecule is CCc1ccc(NC(N)=NCC2CCCN(Cc3cccs3)C2)cc1.I. The normalized spacial score (nSPS) is 18.3. The van der Waals surface area contributed by atoms with Gasteiger partial charge in [0.25, 0.3) is 0 Å². The van der Waals surface area contributed by atoms with Crippen molar-refractivity contribution >= 4 is 47.0 Å². The van der Waals surface area contributed by atoms with Gasteiger partial charge in [0.1, 0.15) is 0 Å². The summed E-state index contributed by atoms with van der Waals surface area (Å²) in [7, 11) is 0. The molecule has 26 heavy (non-hydrogen) atoms. The maximum atomic E-state index is 6.06. The number of rotatable bonds is 6. The van der Waals surface area contributed by atoms with Crippen LogP contribution in [0, 0.1) is 5.92 Å². The molecule has 1 unspecified atom stereocenters. The number of anilines is 1. The predicted octanol–water partition coefficient (Wildman–Crippen LogP) is 4.57. The van der Waals surface area contributed by atoms with Crippen molar-refractivity contribution in [2.45, 2.75) is 32.7 Å². The van der Waals surface area contributed by atoms with E-state index in [1.165, 1.54) is 29.8 Å². The second kappa shape index (κ2) is 10.9. The van der Waals surface area contributed by atoms with Crippen molar-refractivity contribution in [1.82, 2.24) is 4.90 Å². The Morgan fingerprint density at radius 1 is 1.31 bits per heavy atom. The van der Waals surface area contributed by atoms with Crippen molar-refractivity contribution in [1.29, 1.82) is 0 Å². The number of nitrogens with one attached hydrogen (secondary N) is 1. The minimum atomic E-state index is 0. The van der Waals surface area contributed by atoms with E-state index in [1.54, 1.807) is 0 Å². The fourth-order valence-electron chi connectivity index (χ4n) is 3.31. The van der Waals surface area contributed by atoms with E-state index in [2.05, 4.69) is 63.9 Å². The summed E-state index contributed by atoms with van der Waals surface area (Å²) in [5.74, 6) is 1.11. The first-order valence-electron chi connectivity index (χ1n) is 9.13. The van der Waals surface area contributed by atoms with Gasteiger partial charge in [0.15, 0.2) is 5.96 Å². The maximum Gasteiger partial charge on any atom is 0.193 e. The van der Waals surface area contributed by atoms with Crippen LogP contribution in [0.2, 0.25) is 0 Å². The molecule has 2 heterocycles. The Labute approximate surface area is 177 Å². The van der Waals surface area contributed by atoms with Gasteiger partial charge in [-0.2, -0.15) is 0 Å². The monoisotopic (exact) mass is 484 g/mol. The summed E-state index contributed by atoms with van der Waals surface area (Å²) in [6.07, 6.45) is 3.54. The Kier molecular flexibility index (Phi) is 8.87. The molecule has 1 fully saturated rings. The molecule has 6 heteroatoms. The second-order valence-corrected chi connectivity index (χ2v) is 7.76. The summed E-state index contributed by atoms with van der Waals surface area (Å²) in [4.78, 5) is 8.57. The maximum absolute atomic E-state index is 6.06. The average molecular weight is 484 g/mol. The molecule has 1 aromatic heterocycles. The highest BCUT2D eigenvalue weighted by atomic mass is 127. The molecule has 0 spiro atoms. The molecule has 0 bridgehead atoms. The van der Waals surface area contributed by atoms with E-state index in [-0.39, 0.29) is 24.0 Å². The Balaban J connectivity index is 0.00000243. The van der Waals surface area contributed by atoms with Crippen molar-refractivity contribution in [2.75, 3.05) is 25.0 Å². The van der Waals surface area contributed by atoms with E-state index in [4.69, 9.17) is 5.73 Å². The van der Waals surface area contributed by atoms with Crippen LogP contribution < -0.4 is 11.1 Å². The summed E-state index contributed by atoms with van der Waals surface area (Å²) in [6.45, 7) is 6.32. The van der Waals surface area contributed by atoms with Crippen molar-refractivity contribution in [3.05, 3.63) is 52.2 Å². The lowest BCUT2D eigenvalue weighted by Gasteiger charge is -2.31. The van der Waals surface area contributed by atoms with Crippen LogP contribution in [0.4, 0.5) is 5.69 Å². The number of aliphatic imine (C=N–C) groups is 1. The first-order chi connectivity index (χ1) is 12.2. The lowest BCUT2D eigenvalue weighted by molar-refractivity contribution is 0.172. The fraction of sp³-hybridized carbons (Fsp3) is 0.450. The third-order valence-electron chi connectivity index (χ3n) is 4.72. The number of halogens is 1. The molecule has 0 amide bonds. The van der Waals surface area contributed by atoms with E-state index in [9.17, 15) is 0 Å². The summed E-state index contributed by atoms with van der Waals surface area (Å²) in [6, 6.07) is 12.7. The zero-order chi connectivity index (χ0) is 17.5. The van der Waals surface area contributed by atoms with E-state index in [0.717, 1.165) is 31.7 Å². The number of likely N-dealkylation sites (tertiary alicyclic amines) is 1. The van der Waals surface area contributed by atoms with Crippen LogP contribution in [0.15, 0.2) is 46.8 Å². The van der Waals surface area contributed by atoms with E-state index in [0.29, 0.717) is 11.9 Å². The van der Waals surface area contributed by atoms with Crippen LogP contribution in [-0.2, 0) is 13.0 Å². The van der Waals surface area contributed by atoms with Crippen LogP contribution in [0.3, 0.4) is 0 Å². The molecule has 1 aliphatic heterocycles. The van der Waals surface area contributed by atoms with E-state index in [1.807, 2.05) is 11.3 Å². The molecule has 4 nitrogen and oxygen atoms in total. The summed E-state index contributed by atoms with van der Waals surface area (Å²) in [5, 5.41) is 5.35. The molecule has 0 aliphatic carbocycles. The number of piperidine rings is 1. The number of aryl methyl sites for hydroxylation is 1. The smallest absolute Gasteiger partial charge is 0.193 e. The van der Waals surface area contributed by atoms with Crippen molar-refractivity contribution in [3.8, 4) is 0 Å². The standard InChI is InChI=1S/C20H28N4S.HI/c1-2-16-7-9-18(10-8-16)23-20(21)22-13-17-5-3-11-24(14-17)15-19-6-4-12-25-19;/h4,6-10,12,17H,2-3,5,11,13-15H2,1H3,(H3,21,22,23);1H. The fourth-order valence-corrected chi connectivity index (χ4v) is 4.05. The Bertz CT molecular complexity index is 670. The van der Waals surface area contributed by atoms with Gasteiger partial charge >= 0.3 is 0 Å². The molecular formula is C20H29IN4S. The first-order valence-corrected chi connectivity index (χ1v) is 10.0. The largest absolute Gasteiger partial charge is 0.370 e. The van der Waals surface area contributed by atoms with Crippen molar-refractivity contribution in [3.63, 3.8) is 0 Å². The average Bonchev–Trinajstić information content (AvgIpc) is 3.14. The molecule has 3 rings (SSSR count). The number of nitrogens with zero attached hydrogens (tertiary/aromatic N) is 2. The molecule has 3 N–H and O–H groups in total. The minimum Gasteiger partial charge on any atom is -0.370 e. The highest BCUT2D eigenvalue weighted by Crippen LogP contribution is 2.20. The van der Waals surface area contributed by atoms with Gasteiger partial charge in [-0.25, -0.2) is 0 Å². The van der Waals surface area contributed by atoms with Crippen LogP contribution >= 0.6 is 35.3 Å². The molecule has 2 aromatic rings. The third-order valence-corrected chi connectivity index (χ3v) is 5.58. The highest BCUT2D eigenvalue weighted by Gasteiger charge is 2.20. The number of hydrogen-bond acceptors (Lipinski definition) is 3. The van der Waals surface area contributed by atoms with Crippen molar-refractivity contribution in [2.24, 2.45) is 16.6 Å². The van der Waals surface area contributed by atoms with Gasteiger partial charge in [0.2, 0.25) is 0 Å². The number of benzene rings is 1. The van der Waals surface area contributed by atoms with Crippen LogP contribution in [-0.4, -0.2) is 30.5 Å². The van der Waals surface area contributed by atoms with Crippen LogP contribution in [0.5, 0.6) is 0 Å². The van der Waals surface area contributed by atoms with E-state index < -0.39 is 0 Å². The van der Waals surface area contributed by atoms with Gasteiger partial charge in [-0.1, -0.05) is 25.1 Å². The highest BCUT2D eigenvalue weighted by molar-refractivity contribution is 14.0. The molecule has 1 aromatic carbocycles. The Morgan fingerprint density at radius 3 is 2.81 bits per heavy atom. The van der Waals surface area contributed by atoms with Crippen molar-refractivity contribution < 1.29 is 0 Å². The molecule has 1 saturated heterocycles. The summed E-state index contributed by atoms with van der Waals surface area (Å²) >= 11 is 1.84. The van der Waals surface area contributed by atoms with Gasteiger partial charge in [0, 0.05) is 30.2 Å². The number of guanidine groups is 1. The second-order valence-electron chi connectivity index (χ2n) is 6.72. The van der Waals surface area contributed by atoms with Gasteiger partial charge < -0.3 is 11.1 Å². The zero-order valence-electron chi connectivity index (χ0n) is 15.4. The number of thiophene rings is 1. The quantitative estimate of drug-likeness (QED) is 0.359. The van der Waals surface area contributed by atoms with Crippen LogP contribution in [0.25, 0.3) is 0 Å². The van der Waals surface area contributed by atoms with Gasteiger partial charge in [-0.15, -0.1) is 35.3 Å².